The average molecular weight is 357 g/mol. The second-order valence-electron chi connectivity index (χ2n) is 5.91. The molecule has 0 fully saturated rings. The molecule has 0 aromatic heterocycles. The number of para-hydroxylation sites is 1. The molecule has 0 saturated carbocycles. The van der Waals surface area contributed by atoms with Gasteiger partial charge in [0.2, 0.25) is 5.91 Å². The van der Waals surface area contributed by atoms with Crippen LogP contribution < -0.4 is 19.5 Å². The molecule has 0 aliphatic rings. The lowest BCUT2D eigenvalue weighted by molar-refractivity contribution is -0.122. The van der Waals surface area contributed by atoms with Gasteiger partial charge >= 0.3 is 0 Å². The van der Waals surface area contributed by atoms with Gasteiger partial charge in [0.15, 0.2) is 11.5 Å². The van der Waals surface area contributed by atoms with Crippen molar-refractivity contribution in [3.05, 3.63) is 54.1 Å². The highest BCUT2D eigenvalue weighted by atomic mass is 16.5. The van der Waals surface area contributed by atoms with E-state index >= 15 is 0 Å². The van der Waals surface area contributed by atoms with E-state index in [-0.39, 0.29) is 11.9 Å². The fourth-order valence-electron chi connectivity index (χ4n) is 2.70. The van der Waals surface area contributed by atoms with Crippen molar-refractivity contribution in [1.29, 1.82) is 0 Å². The molecule has 0 aliphatic carbocycles. The fraction of sp³-hybridized carbons (Fsp3) is 0.381. The topological polar surface area (TPSA) is 56.8 Å². The number of methoxy groups -OCH3 is 2. The van der Waals surface area contributed by atoms with Gasteiger partial charge in [-0.25, -0.2) is 0 Å². The molecule has 140 valence electrons. The summed E-state index contributed by atoms with van der Waals surface area (Å²) in [6.45, 7) is 2.56. The first-order valence-electron chi connectivity index (χ1n) is 8.87. The van der Waals surface area contributed by atoms with Gasteiger partial charge in [-0.15, -0.1) is 0 Å². The smallest absolute Gasteiger partial charge is 0.220 e. The third kappa shape index (κ3) is 5.69. The Morgan fingerprint density at radius 3 is 2.42 bits per heavy atom. The van der Waals surface area contributed by atoms with Crippen LogP contribution in [0.3, 0.4) is 0 Å². The van der Waals surface area contributed by atoms with Gasteiger partial charge < -0.3 is 19.5 Å². The average Bonchev–Trinajstić information content (AvgIpc) is 2.69. The van der Waals surface area contributed by atoms with Gasteiger partial charge in [-0.05, 0) is 42.7 Å². The summed E-state index contributed by atoms with van der Waals surface area (Å²) in [5, 5.41) is 3.08. The third-order valence-corrected chi connectivity index (χ3v) is 4.11. The minimum Gasteiger partial charge on any atom is -0.494 e. The Morgan fingerprint density at radius 2 is 1.77 bits per heavy atom. The van der Waals surface area contributed by atoms with Crippen LogP contribution in [0.15, 0.2) is 48.5 Å². The van der Waals surface area contributed by atoms with Crippen LogP contribution in [0.4, 0.5) is 0 Å². The molecule has 2 aromatic carbocycles. The molecule has 1 amide bonds. The predicted molar refractivity (Wildman–Crippen MR) is 102 cm³/mol. The number of hydrogen-bond donors (Lipinski definition) is 1. The highest BCUT2D eigenvalue weighted by molar-refractivity contribution is 5.76. The van der Waals surface area contributed by atoms with Crippen LogP contribution in [0.1, 0.15) is 37.8 Å². The van der Waals surface area contributed by atoms with Crippen molar-refractivity contribution >= 4 is 5.91 Å². The monoisotopic (exact) mass is 357 g/mol. The van der Waals surface area contributed by atoms with E-state index in [9.17, 15) is 4.79 Å². The summed E-state index contributed by atoms with van der Waals surface area (Å²) in [6, 6.07) is 15.3. The van der Waals surface area contributed by atoms with Gasteiger partial charge in [-0.2, -0.15) is 0 Å². The lowest BCUT2D eigenvalue weighted by Gasteiger charge is -2.19. The van der Waals surface area contributed by atoms with Gasteiger partial charge in [0.05, 0.1) is 26.9 Å². The van der Waals surface area contributed by atoms with Crippen molar-refractivity contribution in [2.45, 2.75) is 32.2 Å². The normalized spacial score (nSPS) is 11.5. The minimum atomic E-state index is -0.0580. The number of amides is 1. The van der Waals surface area contributed by atoms with Crippen LogP contribution in [0, 0.1) is 0 Å². The van der Waals surface area contributed by atoms with Gasteiger partial charge in [0.1, 0.15) is 5.75 Å². The number of hydrogen-bond acceptors (Lipinski definition) is 4. The second kappa shape index (κ2) is 10.3. The van der Waals surface area contributed by atoms with E-state index in [4.69, 9.17) is 14.2 Å². The molecule has 0 saturated heterocycles. The zero-order valence-electron chi connectivity index (χ0n) is 15.7. The lowest BCUT2D eigenvalue weighted by Crippen LogP contribution is -2.28. The highest BCUT2D eigenvalue weighted by Gasteiger charge is 2.15. The Balaban J connectivity index is 1.84. The summed E-state index contributed by atoms with van der Waals surface area (Å²) in [5.74, 6) is 2.18. The van der Waals surface area contributed by atoms with Crippen LogP contribution in [0.25, 0.3) is 0 Å². The molecular weight excluding hydrogens is 330 g/mol. The van der Waals surface area contributed by atoms with E-state index in [2.05, 4.69) is 5.32 Å². The predicted octanol–water partition coefficient (Wildman–Crippen LogP) is 4.13. The Bertz CT molecular complexity index is 688. The number of rotatable bonds is 10. The number of benzene rings is 2. The largest absolute Gasteiger partial charge is 0.494 e. The van der Waals surface area contributed by atoms with E-state index in [1.165, 1.54) is 0 Å². The molecule has 5 nitrogen and oxygen atoms in total. The molecule has 0 spiro atoms. The molecule has 1 N–H and O–H groups in total. The zero-order valence-corrected chi connectivity index (χ0v) is 15.7. The lowest BCUT2D eigenvalue weighted by atomic mass is 10.0. The Morgan fingerprint density at radius 1 is 1.04 bits per heavy atom. The van der Waals surface area contributed by atoms with Crippen molar-refractivity contribution in [1.82, 2.24) is 5.32 Å². The van der Waals surface area contributed by atoms with Crippen molar-refractivity contribution in [3.8, 4) is 17.2 Å². The molecule has 26 heavy (non-hydrogen) atoms. The first-order valence-corrected chi connectivity index (χ1v) is 8.87. The third-order valence-electron chi connectivity index (χ3n) is 4.11. The number of carbonyl (C=O) groups is 1. The summed E-state index contributed by atoms with van der Waals surface area (Å²) in [6.07, 6.45) is 1.89. The van der Waals surface area contributed by atoms with Crippen molar-refractivity contribution in [2.75, 3.05) is 20.8 Å². The van der Waals surface area contributed by atoms with Crippen LogP contribution in [-0.2, 0) is 4.79 Å². The first kappa shape index (κ1) is 19.6. The maximum Gasteiger partial charge on any atom is 0.220 e. The van der Waals surface area contributed by atoms with Gasteiger partial charge in [0.25, 0.3) is 0 Å². The summed E-state index contributed by atoms with van der Waals surface area (Å²) >= 11 is 0. The van der Waals surface area contributed by atoms with Crippen LogP contribution >= 0.6 is 0 Å². The summed E-state index contributed by atoms with van der Waals surface area (Å²) in [7, 11) is 3.21. The van der Waals surface area contributed by atoms with Crippen LogP contribution in [-0.4, -0.2) is 26.7 Å². The molecule has 0 heterocycles. The molecule has 2 aromatic rings. The molecule has 2 rings (SSSR count). The van der Waals surface area contributed by atoms with Gasteiger partial charge in [-0.1, -0.05) is 31.2 Å². The van der Waals surface area contributed by atoms with Gasteiger partial charge in [-0.3, -0.25) is 4.79 Å². The maximum atomic E-state index is 12.3. The summed E-state index contributed by atoms with van der Waals surface area (Å²) in [4.78, 5) is 12.3. The Hall–Kier alpha value is -2.69. The Kier molecular flexibility index (Phi) is 7.80. The standard InChI is InChI=1S/C21H27NO4/c1-4-18(16-12-13-19(24-2)20(15-16)25-3)22-21(23)11-8-14-26-17-9-6-5-7-10-17/h5-7,9-10,12-13,15,18H,4,8,11,14H2,1-3H3,(H,22,23). The van der Waals surface area contributed by atoms with Crippen molar-refractivity contribution in [3.63, 3.8) is 0 Å². The van der Waals surface area contributed by atoms with E-state index in [0.717, 1.165) is 17.7 Å². The number of carbonyl (C=O) groups excluding carboxylic acids is 1. The minimum absolute atomic E-state index is 0.0169. The van der Waals surface area contributed by atoms with E-state index in [1.54, 1.807) is 14.2 Å². The molecule has 0 aliphatic heterocycles. The van der Waals surface area contributed by atoms with Gasteiger partial charge in [0, 0.05) is 6.42 Å². The molecule has 0 bridgehead atoms. The van der Waals surface area contributed by atoms with E-state index < -0.39 is 0 Å². The molecule has 1 unspecified atom stereocenters. The first-order chi connectivity index (χ1) is 12.7. The number of nitrogens with one attached hydrogen (secondary N) is 1. The zero-order chi connectivity index (χ0) is 18.8. The Labute approximate surface area is 155 Å². The fourth-order valence-corrected chi connectivity index (χ4v) is 2.70. The quantitative estimate of drug-likeness (QED) is 0.650. The van der Waals surface area contributed by atoms with E-state index in [0.29, 0.717) is 30.9 Å². The maximum absolute atomic E-state index is 12.3. The summed E-state index contributed by atoms with van der Waals surface area (Å²) < 4.78 is 16.2. The van der Waals surface area contributed by atoms with Crippen LogP contribution in [0.5, 0.6) is 17.2 Å². The van der Waals surface area contributed by atoms with E-state index in [1.807, 2.05) is 55.5 Å². The number of ether oxygens (including phenoxy) is 3. The molecule has 0 radical (unpaired) electrons. The SMILES string of the molecule is CCC(NC(=O)CCCOc1ccccc1)c1ccc(OC)c(OC)c1. The molecular formula is C21H27NO4. The van der Waals surface area contributed by atoms with Crippen molar-refractivity contribution in [2.24, 2.45) is 0 Å². The summed E-state index contributed by atoms with van der Waals surface area (Å²) in [5.41, 5.74) is 0.999. The second-order valence-corrected chi connectivity index (χ2v) is 5.91. The highest BCUT2D eigenvalue weighted by Crippen LogP contribution is 2.30. The molecule has 5 heteroatoms. The van der Waals surface area contributed by atoms with Crippen LogP contribution in [0.2, 0.25) is 0 Å². The van der Waals surface area contributed by atoms with Crippen molar-refractivity contribution < 1.29 is 19.0 Å². The molecule has 1 atom stereocenters.